The van der Waals surface area contributed by atoms with Crippen LogP contribution in [-0.4, -0.2) is 63.0 Å². The summed E-state index contributed by atoms with van der Waals surface area (Å²) in [4.78, 5) is 38.8. The van der Waals surface area contributed by atoms with Crippen molar-refractivity contribution in [1.29, 1.82) is 0 Å². The molecule has 0 aliphatic carbocycles. The fourth-order valence-electron chi connectivity index (χ4n) is 4.37. The minimum atomic E-state index is -1.41. The summed E-state index contributed by atoms with van der Waals surface area (Å²) < 4.78 is 16.5. The van der Waals surface area contributed by atoms with Crippen molar-refractivity contribution in [3.05, 3.63) is 84.0 Å². The molecule has 2 rings (SSSR count). The van der Waals surface area contributed by atoms with E-state index in [0.29, 0.717) is 18.8 Å². The van der Waals surface area contributed by atoms with Crippen LogP contribution in [0.2, 0.25) is 25.7 Å². The molecule has 246 valence electrons. The molecule has 0 radical (unpaired) electrons. The Balaban J connectivity index is 2.14. The minimum absolute atomic E-state index is 0.123. The van der Waals surface area contributed by atoms with Crippen molar-refractivity contribution >= 4 is 32.0 Å². The molecule has 4 atom stereocenters. The van der Waals surface area contributed by atoms with Crippen LogP contribution in [-0.2, 0) is 30.3 Å². The number of nitrogens with one attached hydrogen (secondary N) is 1. The van der Waals surface area contributed by atoms with Crippen LogP contribution in [0, 0.1) is 11.8 Å². The predicted octanol–water partition coefficient (Wildman–Crippen LogP) is 6.22. The zero-order valence-electron chi connectivity index (χ0n) is 27.8. The van der Waals surface area contributed by atoms with Crippen LogP contribution >= 0.6 is 0 Å². The molecule has 2 aromatic rings. The maximum absolute atomic E-state index is 13.1. The largest absolute Gasteiger partial charge is 0.497 e. The number of hydrogen-bond acceptors (Lipinski definition) is 7. The van der Waals surface area contributed by atoms with E-state index in [9.17, 15) is 19.5 Å². The highest BCUT2D eigenvalue weighted by Gasteiger charge is 2.26. The average molecular weight is 638 g/mol. The first-order chi connectivity index (χ1) is 21.3. The van der Waals surface area contributed by atoms with Crippen molar-refractivity contribution in [3.63, 3.8) is 0 Å². The third-order valence-electron chi connectivity index (χ3n) is 7.15. The van der Waals surface area contributed by atoms with Gasteiger partial charge >= 0.3 is 11.9 Å². The van der Waals surface area contributed by atoms with Gasteiger partial charge in [0.15, 0.2) is 6.10 Å². The van der Waals surface area contributed by atoms with Gasteiger partial charge in [0.25, 0.3) is 0 Å². The number of amides is 1. The molecule has 45 heavy (non-hydrogen) atoms. The summed E-state index contributed by atoms with van der Waals surface area (Å²) in [5, 5.41) is 13.1. The first kappa shape index (κ1) is 37.5. The van der Waals surface area contributed by atoms with Crippen LogP contribution < -0.4 is 10.1 Å². The Labute approximate surface area is 269 Å². The normalized spacial score (nSPS) is 14.6. The Morgan fingerprint density at radius 1 is 0.956 bits per heavy atom. The highest BCUT2D eigenvalue weighted by atomic mass is 28.3. The molecule has 0 aliphatic rings. The summed E-state index contributed by atoms with van der Waals surface area (Å²) in [6.45, 7) is 12.7. The lowest BCUT2D eigenvalue weighted by Crippen LogP contribution is -2.43. The topological polar surface area (TPSA) is 111 Å². The van der Waals surface area contributed by atoms with Crippen molar-refractivity contribution in [2.75, 3.05) is 13.7 Å². The molecule has 0 saturated heterocycles. The zero-order chi connectivity index (χ0) is 33.4. The molecule has 8 nitrogen and oxygen atoms in total. The van der Waals surface area contributed by atoms with Gasteiger partial charge < -0.3 is 24.6 Å². The number of carbonyl (C=O) groups is 3. The number of hydrogen-bond donors (Lipinski definition) is 2. The maximum atomic E-state index is 13.1. The first-order valence-electron chi connectivity index (χ1n) is 15.7. The van der Waals surface area contributed by atoms with Crippen molar-refractivity contribution in [3.8, 4) is 5.75 Å². The van der Waals surface area contributed by atoms with Gasteiger partial charge in [-0.3, -0.25) is 4.79 Å². The SMILES string of the molecule is COc1ccc(C[C@@H](NC(=O)/C=C/C[C@H](OC(=O)C(O)CC(C)C)[C@@H](C)/C=C/c2ccccc2)C(=O)OCC[Si](C)(C)C)cc1. The molecular formula is C36H51NO7Si. The van der Waals surface area contributed by atoms with E-state index >= 15 is 0 Å². The minimum Gasteiger partial charge on any atom is -0.497 e. The summed E-state index contributed by atoms with van der Waals surface area (Å²) in [5.74, 6) is -1.04. The molecule has 1 unspecified atom stereocenters. The number of aliphatic hydroxyl groups is 1. The lowest BCUT2D eigenvalue weighted by Gasteiger charge is -2.23. The molecule has 0 fully saturated rings. The second-order valence-electron chi connectivity index (χ2n) is 13.0. The highest BCUT2D eigenvalue weighted by molar-refractivity contribution is 6.76. The van der Waals surface area contributed by atoms with E-state index in [2.05, 4.69) is 25.0 Å². The summed E-state index contributed by atoms with van der Waals surface area (Å²) in [7, 11) is 0.171. The van der Waals surface area contributed by atoms with Gasteiger partial charge in [0.2, 0.25) is 5.91 Å². The van der Waals surface area contributed by atoms with Crippen LogP contribution in [0.1, 0.15) is 44.7 Å². The van der Waals surface area contributed by atoms with E-state index in [1.807, 2.05) is 75.4 Å². The van der Waals surface area contributed by atoms with Crippen molar-refractivity contribution in [1.82, 2.24) is 5.32 Å². The Morgan fingerprint density at radius 3 is 2.22 bits per heavy atom. The molecule has 9 heteroatoms. The lowest BCUT2D eigenvalue weighted by atomic mass is 9.99. The Morgan fingerprint density at radius 2 is 1.62 bits per heavy atom. The van der Waals surface area contributed by atoms with E-state index < -0.39 is 44.2 Å². The average Bonchev–Trinajstić information content (AvgIpc) is 2.98. The summed E-state index contributed by atoms with van der Waals surface area (Å²) in [5.41, 5.74) is 1.85. The van der Waals surface area contributed by atoms with Crippen LogP contribution in [0.4, 0.5) is 0 Å². The Hall–Kier alpha value is -3.69. The zero-order valence-corrected chi connectivity index (χ0v) is 28.8. The van der Waals surface area contributed by atoms with Crippen LogP contribution in [0.5, 0.6) is 5.75 Å². The molecule has 2 aromatic carbocycles. The number of aliphatic hydroxyl groups excluding tert-OH is 1. The van der Waals surface area contributed by atoms with Gasteiger partial charge in [-0.2, -0.15) is 0 Å². The highest BCUT2D eigenvalue weighted by Crippen LogP contribution is 2.19. The van der Waals surface area contributed by atoms with Gasteiger partial charge in [0.05, 0.1) is 13.7 Å². The molecule has 0 spiro atoms. The van der Waals surface area contributed by atoms with Crippen LogP contribution in [0.15, 0.2) is 72.8 Å². The lowest BCUT2D eigenvalue weighted by molar-refractivity contribution is -0.161. The van der Waals surface area contributed by atoms with E-state index in [-0.39, 0.29) is 24.7 Å². The van der Waals surface area contributed by atoms with Crippen LogP contribution in [0.3, 0.4) is 0 Å². The van der Waals surface area contributed by atoms with Crippen molar-refractivity contribution in [2.24, 2.45) is 11.8 Å². The second-order valence-corrected chi connectivity index (χ2v) is 18.6. The Kier molecular flexibility index (Phi) is 15.8. The molecule has 0 aromatic heterocycles. The fourth-order valence-corrected chi connectivity index (χ4v) is 5.08. The van der Waals surface area contributed by atoms with E-state index in [1.54, 1.807) is 25.3 Å². The number of ether oxygens (including phenoxy) is 3. The third-order valence-corrected chi connectivity index (χ3v) is 8.85. The Bertz CT molecular complexity index is 1250. The number of methoxy groups -OCH3 is 1. The van der Waals surface area contributed by atoms with Gasteiger partial charge in [-0.1, -0.05) is 101 Å². The van der Waals surface area contributed by atoms with Gasteiger partial charge in [-0.25, -0.2) is 9.59 Å². The number of esters is 2. The quantitative estimate of drug-likeness (QED) is 0.113. The maximum Gasteiger partial charge on any atom is 0.335 e. The molecular weight excluding hydrogens is 586 g/mol. The molecule has 0 aliphatic heterocycles. The molecule has 0 saturated carbocycles. The standard InChI is InChI=1S/C36H51NO7Si/c1-26(2)24-32(38)36(41)44-33(27(3)16-17-28-12-9-8-10-13-28)14-11-15-34(39)37-31(35(40)43-22-23-45(5,6)7)25-29-18-20-30(42-4)21-19-29/h8-13,15-21,26-27,31-33,38H,14,22-25H2,1-7H3,(H,37,39)/b15-11+,17-16+/t27-,31+,32?,33-/m0/s1. The molecule has 2 N–H and O–H groups in total. The summed E-state index contributed by atoms with van der Waals surface area (Å²) >= 11 is 0. The van der Waals surface area contributed by atoms with Gasteiger partial charge in [-0.05, 0) is 47.7 Å². The van der Waals surface area contributed by atoms with Gasteiger partial charge in [0, 0.05) is 26.8 Å². The van der Waals surface area contributed by atoms with E-state index in [0.717, 1.165) is 17.2 Å². The monoisotopic (exact) mass is 637 g/mol. The van der Waals surface area contributed by atoms with E-state index in [4.69, 9.17) is 14.2 Å². The van der Waals surface area contributed by atoms with Gasteiger partial charge in [0.1, 0.15) is 17.9 Å². The molecule has 1 amide bonds. The number of benzene rings is 2. The number of rotatable bonds is 18. The van der Waals surface area contributed by atoms with E-state index in [1.165, 1.54) is 6.08 Å². The smallest absolute Gasteiger partial charge is 0.335 e. The summed E-state index contributed by atoms with van der Waals surface area (Å²) in [6.07, 6.45) is 5.79. The molecule has 0 heterocycles. The second kappa shape index (κ2) is 19.0. The van der Waals surface area contributed by atoms with Gasteiger partial charge in [-0.15, -0.1) is 0 Å². The first-order valence-corrected chi connectivity index (χ1v) is 19.4. The molecule has 0 bridgehead atoms. The number of carbonyl (C=O) groups excluding carboxylic acids is 3. The van der Waals surface area contributed by atoms with Crippen LogP contribution in [0.25, 0.3) is 6.08 Å². The fraction of sp³-hybridized carbons (Fsp3) is 0.472. The third kappa shape index (κ3) is 15.2. The summed E-state index contributed by atoms with van der Waals surface area (Å²) in [6, 6.07) is 17.0. The van der Waals surface area contributed by atoms with Crippen molar-refractivity contribution < 1.29 is 33.7 Å². The van der Waals surface area contributed by atoms with Crippen molar-refractivity contribution in [2.45, 2.75) is 84.0 Å². The predicted molar refractivity (Wildman–Crippen MR) is 181 cm³/mol.